The molecule has 3 aliphatic carbocycles. The standard InChI is InChI=1S/C31H38N4O8/c1-34(2)23-16-7-6-14(13-33-8-9-43-5)10-17(16)25(36)21-18(23)11-15-12-19-24(35(3)4)27(38)22(30(32)41)29(40)31(19,42)28(39)20(15)26(21)37/h6-7,10,15,19,24,33,36,38-39,42H,8-9,11-13H2,1-5H3,(H2,32,41)/t15-,19-,24-,31-/m0/s1. The molecule has 43 heavy (non-hydrogen) atoms. The quantitative estimate of drug-likeness (QED) is 0.190. The molecule has 0 heterocycles. The summed E-state index contributed by atoms with van der Waals surface area (Å²) in [6.07, 6.45) is 0.245. The third-order valence-corrected chi connectivity index (χ3v) is 8.99. The normalized spacial score (nSPS) is 25.2. The summed E-state index contributed by atoms with van der Waals surface area (Å²) in [6, 6.07) is 4.61. The molecule has 230 valence electrons. The lowest BCUT2D eigenvalue weighted by Crippen LogP contribution is -2.63. The van der Waals surface area contributed by atoms with E-state index >= 15 is 0 Å². The van der Waals surface area contributed by atoms with Crippen LogP contribution in [0, 0.1) is 11.8 Å². The van der Waals surface area contributed by atoms with Gasteiger partial charge in [0.25, 0.3) is 5.91 Å². The molecule has 0 unspecified atom stereocenters. The maximum absolute atomic E-state index is 14.2. The lowest BCUT2D eigenvalue weighted by Gasteiger charge is -2.50. The van der Waals surface area contributed by atoms with E-state index in [0.29, 0.717) is 30.6 Å². The average molecular weight is 595 g/mol. The minimum absolute atomic E-state index is 0.0125. The summed E-state index contributed by atoms with van der Waals surface area (Å²) in [4.78, 5) is 43.4. The van der Waals surface area contributed by atoms with Crippen molar-refractivity contribution in [2.45, 2.75) is 31.0 Å². The minimum atomic E-state index is -2.68. The van der Waals surface area contributed by atoms with Crippen molar-refractivity contribution in [2.24, 2.45) is 17.6 Å². The van der Waals surface area contributed by atoms with Gasteiger partial charge in [-0.3, -0.25) is 19.3 Å². The maximum atomic E-state index is 14.2. The number of primary amides is 1. The van der Waals surface area contributed by atoms with Crippen molar-refractivity contribution in [3.05, 3.63) is 57.6 Å². The number of aliphatic hydroxyl groups is 3. The lowest BCUT2D eigenvalue weighted by atomic mass is 9.58. The number of anilines is 1. The minimum Gasteiger partial charge on any atom is -0.510 e. The number of likely N-dealkylation sites (N-methyl/N-ethyl adjacent to an activating group) is 1. The summed E-state index contributed by atoms with van der Waals surface area (Å²) in [5.41, 5.74) is 3.90. The first-order chi connectivity index (χ1) is 20.3. The van der Waals surface area contributed by atoms with Gasteiger partial charge in [-0.2, -0.15) is 0 Å². The Morgan fingerprint density at radius 1 is 1.14 bits per heavy atom. The van der Waals surface area contributed by atoms with Gasteiger partial charge in [0.05, 0.1) is 18.2 Å². The van der Waals surface area contributed by atoms with Crippen LogP contribution in [0.1, 0.15) is 27.9 Å². The summed E-state index contributed by atoms with van der Waals surface area (Å²) in [7, 11) is 8.50. The van der Waals surface area contributed by atoms with E-state index in [-0.39, 0.29) is 29.7 Å². The molecule has 2 aromatic rings. The highest BCUT2D eigenvalue weighted by atomic mass is 16.5. The molecule has 12 nitrogen and oxygen atoms in total. The van der Waals surface area contributed by atoms with Crippen LogP contribution >= 0.6 is 0 Å². The number of aromatic hydroxyl groups is 1. The van der Waals surface area contributed by atoms with Crippen LogP contribution in [0.4, 0.5) is 5.69 Å². The number of rotatable bonds is 8. The van der Waals surface area contributed by atoms with Crippen molar-refractivity contribution >= 4 is 33.9 Å². The average Bonchev–Trinajstić information content (AvgIpc) is 2.92. The van der Waals surface area contributed by atoms with Gasteiger partial charge >= 0.3 is 0 Å². The second-order valence-electron chi connectivity index (χ2n) is 12.0. The topological polar surface area (TPSA) is 186 Å². The molecule has 0 spiro atoms. The predicted molar refractivity (Wildman–Crippen MR) is 159 cm³/mol. The van der Waals surface area contributed by atoms with Crippen molar-refractivity contribution in [1.82, 2.24) is 10.2 Å². The molecule has 1 amide bonds. The number of methoxy groups -OCH3 is 1. The van der Waals surface area contributed by atoms with Crippen molar-refractivity contribution in [1.29, 1.82) is 0 Å². The second kappa shape index (κ2) is 10.9. The van der Waals surface area contributed by atoms with Gasteiger partial charge in [0, 0.05) is 62.2 Å². The van der Waals surface area contributed by atoms with Crippen molar-refractivity contribution in [2.75, 3.05) is 53.4 Å². The molecule has 3 aliphatic rings. The summed E-state index contributed by atoms with van der Waals surface area (Å²) in [5, 5.41) is 50.4. The monoisotopic (exact) mass is 594 g/mol. The van der Waals surface area contributed by atoms with E-state index in [1.54, 1.807) is 27.3 Å². The van der Waals surface area contributed by atoms with Crippen LogP contribution in [0.15, 0.2) is 40.9 Å². The Bertz CT molecular complexity index is 1610. The zero-order valence-electron chi connectivity index (χ0n) is 24.9. The van der Waals surface area contributed by atoms with Crippen LogP contribution in [0.3, 0.4) is 0 Å². The third-order valence-electron chi connectivity index (χ3n) is 8.99. The molecule has 0 aliphatic heterocycles. The van der Waals surface area contributed by atoms with Crippen LogP contribution < -0.4 is 16.0 Å². The summed E-state index contributed by atoms with van der Waals surface area (Å²) < 4.78 is 5.08. The van der Waals surface area contributed by atoms with Crippen LogP contribution in [0.5, 0.6) is 5.75 Å². The number of carbonyl (C=O) groups is 3. The first-order valence-corrected chi connectivity index (χ1v) is 14.1. The van der Waals surface area contributed by atoms with Gasteiger partial charge in [-0.15, -0.1) is 0 Å². The van der Waals surface area contributed by atoms with Crippen molar-refractivity contribution in [3.63, 3.8) is 0 Å². The number of fused-ring (bicyclic) bond motifs is 4. The number of ether oxygens (including phenoxy) is 1. The number of hydrogen-bond acceptors (Lipinski definition) is 11. The largest absolute Gasteiger partial charge is 0.510 e. The molecule has 5 rings (SSSR count). The van der Waals surface area contributed by atoms with Gasteiger partial charge in [-0.05, 0) is 50.0 Å². The molecule has 4 atom stereocenters. The van der Waals surface area contributed by atoms with Gasteiger partial charge in [-0.1, -0.05) is 12.1 Å². The Kier molecular flexibility index (Phi) is 7.76. The van der Waals surface area contributed by atoms with Gasteiger partial charge in [0.2, 0.25) is 5.78 Å². The van der Waals surface area contributed by atoms with Gasteiger partial charge in [-0.25, -0.2) is 0 Å². The zero-order chi connectivity index (χ0) is 31.5. The Labute approximate surface area is 249 Å². The number of benzene rings is 2. The fraction of sp³-hybridized carbons (Fsp3) is 0.452. The molecule has 12 heteroatoms. The summed E-state index contributed by atoms with van der Waals surface area (Å²) in [6.45, 7) is 1.66. The number of amides is 1. The van der Waals surface area contributed by atoms with Crippen molar-refractivity contribution in [3.8, 4) is 5.75 Å². The highest BCUT2D eigenvalue weighted by Crippen LogP contribution is 2.54. The molecule has 7 N–H and O–H groups in total. The highest BCUT2D eigenvalue weighted by molar-refractivity contribution is 6.25. The Balaban J connectivity index is 1.70. The molecule has 0 saturated heterocycles. The number of aliphatic hydroxyl groups excluding tert-OH is 2. The Hall–Kier alpha value is -3.97. The molecular weight excluding hydrogens is 556 g/mol. The molecule has 0 bridgehead atoms. The molecule has 0 aromatic heterocycles. The second-order valence-corrected chi connectivity index (χ2v) is 12.0. The molecule has 0 saturated carbocycles. The van der Waals surface area contributed by atoms with E-state index in [1.165, 1.54) is 4.90 Å². The number of ketones is 2. The number of phenolic OH excluding ortho intramolecular Hbond substituents is 1. The smallest absolute Gasteiger partial charge is 0.255 e. The number of hydrogen-bond donors (Lipinski definition) is 6. The zero-order valence-corrected chi connectivity index (χ0v) is 24.9. The fourth-order valence-electron chi connectivity index (χ4n) is 7.17. The molecule has 0 fully saturated rings. The Morgan fingerprint density at radius 3 is 2.44 bits per heavy atom. The van der Waals surface area contributed by atoms with Crippen LogP contribution in [-0.2, 0) is 27.3 Å². The van der Waals surface area contributed by atoms with Crippen molar-refractivity contribution < 1.29 is 39.5 Å². The van der Waals surface area contributed by atoms with E-state index < -0.39 is 58.0 Å². The summed E-state index contributed by atoms with van der Waals surface area (Å²) in [5.74, 6) is -6.69. The maximum Gasteiger partial charge on any atom is 0.255 e. The number of carbonyl (C=O) groups excluding carboxylic acids is 3. The number of nitrogens with one attached hydrogen (secondary N) is 1. The van der Waals surface area contributed by atoms with E-state index in [0.717, 1.165) is 16.6 Å². The van der Waals surface area contributed by atoms with E-state index in [2.05, 4.69) is 5.32 Å². The highest BCUT2D eigenvalue weighted by Gasteiger charge is 2.63. The molecule has 0 radical (unpaired) electrons. The van der Waals surface area contributed by atoms with Crippen LogP contribution in [0.2, 0.25) is 0 Å². The van der Waals surface area contributed by atoms with E-state index in [1.807, 2.05) is 31.1 Å². The molecule has 2 aromatic carbocycles. The third kappa shape index (κ3) is 4.48. The SMILES string of the molecule is COCCNCc1ccc2c(N(C)C)c3c(c(O)c2c1)C(=O)C1=C(O)[C@]2(O)C(=O)C(C(N)=O)=C(O)[C@@H](N(C)C)[C@@H]2C[C@@H]1C3. The lowest BCUT2D eigenvalue weighted by molar-refractivity contribution is -0.148. The number of nitrogens with zero attached hydrogens (tertiary/aromatic N) is 2. The van der Waals surface area contributed by atoms with E-state index in [9.17, 15) is 34.8 Å². The van der Waals surface area contributed by atoms with Gasteiger partial charge in [0.1, 0.15) is 22.8 Å². The Morgan fingerprint density at radius 2 is 1.84 bits per heavy atom. The van der Waals surface area contributed by atoms with Gasteiger partial charge in [0.15, 0.2) is 11.4 Å². The number of nitrogens with two attached hydrogens (primary N) is 1. The number of Topliss-reactive ketones (excluding diaryl/α,β-unsaturated/α-hetero) is 2. The number of allylic oxidation sites excluding steroid dienone is 1. The first-order valence-electron chi connectivity index (χ1n) is 14.1. The van der Waals surface area contributed by atoms with Gasteiger partial charge < -0.3 is 41.1 Å². The first kappa shape index (κ1) is 30.5. The van der Waals surface area contributed by atoms with Crippen LogP contribution in [-0.4, -0.2) is 103 Å². The number of phenols is 1. The summed E-state index contributed by atoms with van der Waals surface area (Å²) >= 11 is 0. The van der Waals surface area contributed by atoms with E-state index in [4.69, 9.17) is 10.5 Å². The van der Waals surface area contributed by atoms with Crippen LogP contribution in [0.25, 0.3) is 10.8 Å². The molecular formula is C31H38N4O8. The predicted octanol–water partition coefficient (Wildman–Crippen LogP) is 1.08. The fourth-order valence-corrected chi connectivity index (χ4v) is 7.17.